The van der Waals surface area contributed by atoms with Gasteiger partial charge in [0.15, 0.2) is 0 Å². The molecule has 2 aliphatic rings. The van der Waals surface area contributed by atoms with Crippen molar-refractivity contribution in [3.8, 4) is 5.75 Å². The van der Waals surface area contributed by atoms with Crippen molar-refractivity contribution in [2.24, 2.45) is 0 Å². The maximum atomic E-state index is 12.7. The molecule has 0 radical (unpaired) electrons. The van der Waals surface area contributed by atoms with Gasteiger partial charge in [0.05, 0.1) is 0 Å². The van der Waals surface area contributed by atoms with Gasteiger partial charge in [-0.3, -0.25) is 4.79 Å². The van der Waals surface area contributed by atoms with Crippen molar-refractivity contribution in [1.82, 2.24) is 15.1 Å². The first-order valence-corrected chi connectivity index (χ1v) is 13.4. The number of hydrogen-bond donors (Lipinski definition) is 0. The van der Waals surface area contributed by atoms with Crippen LogP contribution in [-0.2, 0) is 11.4 Å². The fraction of sp³-hybridized carbons (Fsp3) is 0.393. The zero-order valence-corrected chi connectivity index (χ0v) is 20.8. The molecule has 6 nitrogen and oxygen atoms in total. The van der Waals surface area contributed by atoms with Crippen LogP contribution in [0.15, 0.2) is 60.7 Å². The summed E-state index contributed by atoms with van der Waals surface area (Å²) >= 11 is 1.74. The summed E-state index contributed by atoms with van der Waals surface area (Å²) in [6.45, 7) is 3.54. The number of nitrogens with zero attached hydrogens (tertiary/aromatic N) is 4. The summed E-state index contributed by atoms with van der Waals surface area (Å²) < 4.78 is 5.84. The Morgan fingerprint density at radius 2 is 1.69 bits per heavy atom. The van der Waals surface area contributed by atoms with E-state index >= 15 is 0 Å². The number of carbonyl (C=O) groups excluding carboxylic acids is 1. The second kappa shape index (κ2) is 11.5. The number of ether oxygens (including phenoxy) is 1. The summed E-state index contributed by atoms with van der Waals surface area (Å²) in [6.07, 6.45) is 9.99. The van der Waals surface area contributed by atoms with E-state index in [2.05, 4.69) is 15.1 Å². The first-order valence-electron chi connectivity index (χ1n) is 12.6. The molecule has 1 saturated heterocycles. The number of benzene rings is 2. The largest absolute Gasteiger partial charge is 0.489 e. The van der Waals surface area contributed by atoms with Crippen molar-refractivity contribution < 1.29 is 9.53 Å². The van der Waals surface area contributed by atoms with Gasteiger partial charge in [0.2, 0.25) is 11.0 Å². The summed E-state index contributed by atoms with van der Waals surface area (Å²) in [6, 6.07) is 17.9. The van der Waals surface area contributed by atoms with Crippen molar-refractivity contribution in [1.29, 1.82) is 0 Å². The van der Waals surface area contributed by atoms with Gasteiger partial charge in [-0.05, 0) is 42.2 Å². The third-order valence-electron chi connectivity index (χ3n) is 6.79. The van der Waals surface area contributed by atoms with Crippen LogP contribution in [0.25, 0.3) is 6.08 Å². The van der Waals surface area contributed by atoms with E-state index in [0.717, 1.165) is 35.1 Å². The van der Waals surface area contributed by atoms with Crippen LogP contribution in [0.4, 0.5) is 5.13 Å². The van der Waals surface area contributed by atoms with Crippen LogP contribution in [0.2, 0.25) is 0 Å². The molecule has 0 unspecified atom stereocenters. The normalized spacial score (nSPS) is 17.1. The highest BCUT2D eigenvalue weighted by Gasteiger charge is 2.24. The lowest BCUT2D eigenvalue weighted by atomic mass is 9.90. The van der Waals surface area contributed by atoms with E-state index in [1.807, 2.05) is 65.6 Å². The van der Waals surface area contributed by atoms with Gasteiger partial charge < -0.3 is 14.5 Å². The Morgan fingerprint density at radius 1 is 0.943 bits per heavy atom. The number of amides is 1. The number of hydrogen-bond acceptors (Lipinski definition) is 6. The second-order valence-corrected chi connectivity index (χ2v) is 10.2. The molecule has 1 aliphatic carbocycles. The summed E-state index contributed by atoms with van der Waals surface area (Å²) in [7, 11) is 0. The summed E-state index contributed by atoms with van der Waals surface area (Å²) in [4.78, 5) is 16.9. The summed E-state index contributed by atoms with van der Waals surface area (Å²) in [5.41, 5.74) is 2.12. The van der Waals surface area contributed by atoms with E-state index in [9.17, 15) is 4.79 Å². The SMILES string of the molecule is O=C(/C=C/c1ccc(OCc2ccccc2)cc1)N1CCN(c2nnc(C3CCCCC3)s2)CC1. The molecule has 0 N–H and O–H groups in total. The second-order valence-electron chi connectivity index (χ2n) is 9.25. The molecule has 35 heavy (non-hydrogen) atoms. The Balaban J connectivity index is 1.08. The predicted molar refractivity (Wildman–Crippen MR) is 141 cm³/mol. The van der Waals surface area contributed by atoms with Gasteiger partial charge >= 0.3 is 0 Å². The molecular weight excluding hydrogens is 456 g/mol. The number of anilines is 1. The Kier molecular flexibility index (Phi) is 7.73. The lowest BCUT2D eigenvalue weighted by Gasteiger charge is -2.33. The Bertz CT molecular complexity index is 1120. The van der Waals surface area contributed by atoms with Gasteiger partial charge in [0, 0.05) is 38.2 Å². The van der Waals surface area contributed by atoms with Crippen LogP contribution in [0.3, 0.4) is 0 Å². The molecule has 182 valence electrons. The first kappa shape index (κ1) is 23.5. The van der Waals surface area contributed by atoms with Crippen LogP contribution >= 0.6 is 11.3 Å². The minimum absolute atomic E-state index is 0.0502. The van der Waals surface area contributed by atoms with E-state index < -0.39 is 0 Å². The zero-order chi connectivity index (χ0) is 23.9. The van der Waals surface area contributed by atoms with Crippen molar-refractivity contribution in [3.63, 3.8) is 0 Å². The van der Waals surface area contributed by atoms with Gasteiger partial charge in [-0.25, -0.2) is 0 Å². The van der Waals surface area contributed by atoms with Crippen LogP contribution in [0.5, 0.6) is 5.75 Å². The lowest BCUT2D eigenvalue weighted by Crippen LogP contribution is -2.48. The van der Waals surface area contributed by atoms with Gasteiger partial charge in [-0.2, -0.15) is 0 Å². The predicted octanol–water partition coefficient (Wildman–Crippen LogP) is 5.53. The Labute approximate surface area is 211 Å². The van der Waals surface area contributed by atoms with E-state index in [1.54, 1.807) is 17.4 Å². The van der Waals surface area contributed by atoms with E-state index in [1.165, 1.54) is 37.1 Å². The van der Waals surface area contributed by atoms with Crippen molar-refractivity contribution >= 4 is 28.5 Å². The highest BCUT2D eigenvalue weighted by molar-refractivity contribution is 7.15. The molecule has 1 aliphatic heterocycles. The Hall–Kier alpha value is -3.19. The van der Waals surface area contributed by atoms with E-state index in [-0.39, 0.29) is 5.91 Å². The van der Waals surface area contributed by atoms with Crippen molar-refractivity contribution in [3.05, 3.63) is 76.8 Å². The van der Waals surface area contributed by atoms with Gasteiger partial charge in [0.25, 0.3) is 0 Å². The monoisotopic (exact) mass is 488 g/mol. The minimum atomic E-state index is 0.0502. The van der Waals surface area contributed by atoms with Crippen molar-refractivity contribution in [2.75, 3.05) is 31.1 Å². The number of aromatic nitrogens is 2. The fourth-order valence-corrected chi connectivity index (χ4v) is 5.74. The average Bonchev–Trinajstić information content (AvgIpc) is 3.43. The molecule has 0 bridgehead atoms. The summed E-state index contributed by atoms with van der Waals surface area (Å²) in [5, 5.41) is 11.2. The maximum absolute atomic E-state index is 12.7. The van der Waals surface area contributed by atoms with Crippen molar-refractivity contribution in [2.45, 2.75) is 44.6 Å². The van der Waals surface area contributed by atoms with Gasteiger partial charge in [-0.1, -0.05) is 73.1 Å². The van der Waals surface area contributed by atoms with Crippen LogP contribution < -0.4 is 9.64 Å². The molecule has 3 aromatic rings. The first-order chi connectivity index (χ1) is 17.2. The third-order valence-corrected chi connectivity index (χ3v) is 7.94. The highest BCUT2D eigenvalue weighted by Crippen LogP contribution is 2.36. The molecule has 2 fully saturated rings. The number of carbonyl (C=O) groups is 1. The standard InChI is InChI=1S/C28H32N4O2S/c33-26(16-13-22-11-14-25(15-12-22)34-21-23-7-3-1-4-8-23)31-17-19-32(20-18-31)28-30-29-27(35-28)24-9-5-2-6-10-24/h1,3-4,7-8,11-16,24H,2,5-6,9-10,17-21H2/b16-13+. The molecule has 1 amide bonds. The number of rotatable bonds is 7. The zero-order valence-electron chi connectivity index (χ0n) is 20.0. The smallest absolute Gasteiger partial charge is 0.246 e. The van der Waals surface area contributed by atoms with Gasteiger partial charge in [0.1, 0.15) is 17.4 Å². The van der Waals surface area contributed by atoms with E-state index in [0.29, 0.717) is 25.6 Å². The van der Waals surface area contributed by atoms with E-state index in [4.69, 9.17) is 4.74 Å². The molecule has 1 aromatic heterocycles. The molecule has 0 spiro atoms. The quantitative estimate of drug-likeness (QED) is 0.410. The Morgan fingerprint density at radius 3 is 2.43 bits per heavy atom. The third kappa shape index (κ3) is 6.28. The van der Waals surface area contributed by atoms with Gasteiger partial charge in [-0.15, -0.1) is 10.2 Å². The molecule has 7 heteroatoms. The van der Waals surface area contributed by atoms with Crippen LogP contribution in [0, 0.1) is 0 Å². The summed E-state index contributed by atoms with van der Waals surface area (Å²) in [5.74, 6) is 1.46. The highest BCUT2D eigenvalue weighted by atomic mass is 32.1. The number of piperazine rings is 1. The molecule has 5 rings (SSSR count). The maximum Gasteiger partial charge on any atom is 0.246 e. The minimum Gasteiger partial charge on any atom is -0.489 e. The average molecular weight is 489 g/mol. The molecule has 2 aromatic carbocycles. The molecular formula is C28H32N4O2S. The molecule has 1 saturated carbocycles. The fourth-order valence-electron chi connectivity index (χ4n) is 4.68. The lowest BCUT2D eigenvalue weighted by molar-refractivity contribution is -0.126. The topological polar surface area (TPSA) is 58.6 Å². The molecule has 0 atom stereocenters. The van der Waals surface area contributed by atoms with Crippen LogP contribution in [0.1, 0.15) is 54.2 Å². The van der Waals surface area contributed by atoms with Crippen LogP contribution in [-0.4, -0.2) is 47.2 Å². The molecule has 2 heterocycles.